The van der Waals surface area contributed by atoms with Crippen LogP contribution in [0.4, 0.5) is 18.9 Å². The summed E-state index contributed by atoms with van der Waals surface area (Å²) in [6, 6.07) is 3.51. The van der Waals surface area contributed by atoms with Crippen molar-refractivity contribution in [3.63, 3.8) is 0 Å². The molecule has 128 valence electrons. The fourth-order valence-electron chi connectivity index (χ4n) is 1.79. The number of rotatable bonds is 4. The predicted octanol–water partition coefficient (Wildman–Crippen LogP) is 0.686. The number of carboxylic acid groups (broad SMARTS) is 1. The lowest BCUT2D eigenvalue weighted by Crippen LogP contribution is -2.36. The molecule has 0 aliphatic carbocycles. The molecule has 1 saturated heterocycles. The monoisotopic (exact) mass is 334 g/mol. The van der Waals surface area contributed by atoms with E-state index < -0.39 is 12.1 Å². The Kier molecular flexibility index (Phi) is 6.76. The molecule has 10 heteroatoms. The molecule has 0 bridgehead atoms. The summed E-state index contributed by atoms with van der Waals surface area (Å²) in [5.74, 6) is -2.69. The Morgan fingerprint density at radius 1 is 1.43 bits per heavy atom. The number of pyridine rings is 1. The van der Waals surface area contributed by atoms with Gasteiger partial charge in [-0.2, -0.15) is 13.2 Å². The first-order chi connectivity index (χ1) is 10.7. The molecule has 1 aliphatic heterocycles. The van der Waals surface area contributed by atoms with Crippen molar-refractivity contribution in [2.45, 2.75) is 18.6 Å². The summed E-state index contributed by atoms with van der Waals surface area (Å²) in [4.78, 5) is 26.1. The van der Waals surface area contributed by atoms with Crippen molar-refractivity contribution < 1.29 is 27.9 Å². The number of alkyl halides is 3. The van der Waals surface area contributed by atoms with Crippen LogP contribution >= 0.6 is 0 Å². The summed E-state index contributed by atoms with van der Waals surface area (Å²) in [6.07, 6.45) is -0.841. The highest BCUT2D eigenvalue weighted by Gasteiger charge is 2.38. The third-order valence-corrected chi connectivity index (χ3v) is 2.97. The molecule has 0 saturated carbocycles. The molecular weight excluding hydrogens is 317 g/mol. The summed E-state index contributed by atoms with van der Waals surface area (Å²) >= 11 is 0. The molecule has 1 aromatic rings. The lowest BCUT2D eigenvalue weighted by Gasteiger charge is -2.16. The minimum atomic E-state index is -5.08. The van der Waals surface area contributed by atoms with Gasteiger partial charge in [-0.15, -0.1) is 0 Å². The molecule has 0 spiro atoms. The van der Waals surface area contributed by atoms with E-state index in [9.17, 15) is 18.0 Å². The molecule has 2 rings (SSSR count). The molecule has 0 radical (unpaired) electrons. The fraction of sp³-hybridized carbons (Fsp3) is 0.462. The van der Waals surface area contributed by atoms with Crippen LogP contribution in [0, 0.1) is 0 Å². The minimum Gasteiger partial charge on any atom is -0.475 e. The van der Waals surface area contributed by atoms with E-state index in [4.69, 9.17) is 15.6 Å². The topological polar surface area (TPSA) is 109 Å². The number of carboxylic acids is 1. The number of likely N-dealkylation sites (tertiary alicyclic amines) is 1. The van der Waals surface area contributed by atoms with E-state index in [1.54, 1.807) is 17.3 Å². The van der Waals surface area contributed by atoms with Crippen LogP contribution in [0.15, 0.2) is 24.5 Å². The van der Waals surface area contributed by atoms with Crippen molar-refractivity contribution in [2.75, 3.05) is 25.0 Å². The maximum absolute atomic E-state index is 11.5. The van der Waals surface area contributed by atoms with Crippen LogP contribution in [0.2, 0.25) is 0 Å². The molecule has 4 N–H and O–H groups in total. The van der Waals surface area contributed by atoms with E-state index in [0.29, 0.717) is 6.54 Å². The Labute approximate surface area is 130 Å². The molecule has 1 amide bonds. The van der Waals surface area contributed by atoms with Gasteiger partial charge in [0.25, 0.3) is 0 Å². The number of hydrogen-bond acceptors (Lipinski definition) is 5. The number of nitrogens with two attached hydrogens (primary N) is 1. The number of amides is 1. The molecule has 0 unspecified atom stereocenters. The number of nitrogens with one attached hydrogen (secondary N) is 1. The average Bonchev–Trinajstić information content (AvgIpc) is 2.80. The van der Waals surface area contributed by atoms with E-state index in [0.717, 1.165) is 25.2 Å². The average molecular weight is 334 g/mol. The predicted molar refractivity (Wildman–Crippen MR) is 75.6 cm³/mol. The van der Waals surface area contributed by atoms with Gasteiger partial charge in [0.15, 0.2) is 0 Å². The van der Waals surface area contributed by atoms with Crippen molar-refractivity contribution in [3.8, 4) is 0 Å². The second kappa shape index (κ2) is 8.32. The first-order valence-corrected chi connectivity index (χ1v) is 6.70. The van der Waals surface area contributed by atoms with Crippen LogP contribution in [0.5, 0.6) is 0 Å². The van der Waals surface area contributed by atoms with Gasteiger partial charge in [-0.05, 0) is 18.6 Å². The van der Waals surface area contributed by atoms with Crippen LogP contribution in [-0.4, -0.2) is 58.7 Å². The SMILES string of the molecule is N[C@H]1CCN(CCNc2ccncc2)C1=O.O=C(O)C(F)(F)F. The Balaban J connectivity index is 0.000000322. The Morgan fingerprint density at radius 3 is 2.43 bits per heavy atom. The molecule has 7 nitrogen and oxygen atoms in total. The summed E-state index contributed by atoms with van der Waals surface area (Å²) < 4.78 is 31.7. The van der Waals surface area contributed by atoms with Crippen LogP contribution in [0.1, 0.15) is 6.42 Å². The van der Waals surface area contributed by atoms with Gasteiger partial charge >= 0.3 is 12.1 Å². The van der Waals surface area contributed by atoms with E-state index in [-0.39, 0.29) is 11.9 Å². The smallest absolute Gasteiger partial charge is 0.475 e. The summed E-state index contributed by atoms with van der Waals surface area (Å²) in [7, 11) is 0. The number of aliphatic carboxylic acids is 1. The highest BCUT2D eigenvalue weighted by Crippen LogP contribution is 2.13. The van der Waals surface area contributed by atoms with Gasteiger partial charge < -0.3 is 21.1 Å². The van der Waals surface area contributed by atoms with E-state index >= 15 is 0 Å². The maximum atomic E-state index is 11.5. The number of halogens is 3. The van der Waals surface area contributed by atoms with Gasteiger partial charge in [0, 0.05) is 37.7 Å². The maximum Gasteiger partial charge on any atom is 0.490 e. The zero-order valence-corrected chi connectivity index (χ0v) is 12.1. The lowest BCUT2D eigenvalue weighted by molar-refractivity contribution is -0.192. The normalized spacial score (nSPS) is 17.5. The molecule has 0 aromatic carbocycles. The zero-order valence-electron chi connectivity index (χ0n) is 12.1. The van der Waals surface area contributed by atoms with E-state index in [2.05, 4.69) is 10.3 Å². The third-order valence-electron chi connectivity index (χ3n) is 2.97. The van der Waals surface area contributed by atoms with Crippen LogP contribution in [-0.2, 0) is 9.59 Å². The molecule has 1 aliphatic rings. The van der Waals surface area contributed by atoms with Gasteiger partial charge in [-0.3, -0.25) is 9.78 Å². The molecular formula is C13H17F3N4O3. The number of carbonyl (C=O) groups is 2. The van der Waals surface area contributed by atoms with Crippen molar-refractivity contribution in [3.05, 3.63) is 24.5 Å². The standard InChI is InChI=1S/C11H16N4O.C2HF3O2/c12-10-3-7-15(11(10)16)8-6-14-9-1-4-13-5-2-9;3-2(4,5)1(6)7/h1-2,4-5,10H,3,6-8,12H2,(H,13,14);(H,6,7)/t10-;/m0./s1. The number of carbonyl (C=O) groups excluding carboxylic acids is 1. The Morgan fingerprint density at radius 2 is 2.00 bits per heavy atom. The molecule has 23 heavy (non-hydrogen) atoms. The zero-order chi connectivity index (χ0) is 17.5. The second-order valence-corrected chi connectivity index (χ2v) is 4.69. The molecule has 1 aromatic heterocycles. The highest BCUT2D eigenvalue weighted by atomic mass is 19.4. The van der Waals surface area contributed by atoms with Crippen molar-refractivity contribution in [1.29, 1.82) is 0 Å². The van der Waals surface area contributed by atoms with Gasteiger partial charge in [0.1, 0.15) is 0 Å². The number of nitrogens with zero attached hydrogens (tertiary/aromatic N) is 2. The number of aromatic nitrogens is 1. The summed E-state index contributed by atoms with van der Waals surface area (Å²) in [5.41, 5.74) is 6.65. The number of anilines is 1. The number of hydrogen-bond donors (Lipinski definition) is 3. The Bertz CT molecular complexity index is 525. The quantitative estimate of drug-likeness (QED) is 0.747. The second-order valence-electron chi connectivity index (χ2n) is 4.69. The van der Waals surface area contributed by atoms with Crippen LogP contribution in [0.3, 0.4) is 0 Å². The summed E-state index contributed by atoms with van der Waals surface area (Å²) in [5, 5.41) is 10.4. The van der Waals surface area contributed by atoms with Crippen molar-refractivity contribution in [1.82, 2.24) is 9.88 Å². The van der Waals surface area contributed by atoms with Crippen molar-refractivity contribution in [2.24, 2.45) is 5.73 Å². The van der Waals surface area contributed by atoms with Gasteiger partial charge in [0.05, 0.1) is 6.04 Å². The van der Waals surface area contributed by atoms with Crippen LogP contribution < -0.4 is 11.1 Å². The summed E-state index contributed by atoms with van der Waals surface area (Å²) in [6.45, 7) is 2.22. The Hall–Kier alpha value is -2.36. The van der Waals surface area contributed by atoms with Gasteiger partial charge in [-0.25, -0.2) is 4.79 Å². The van der Waals surface area contributed by atoms with E-state index in [1.807, 2.05) is 12.1 Å². The van der Waals surface area contributed by atoms with Crippen molar-refractivity contribution >= 4 is 17.6 Å². The third kappa shape index (κ3) is 6.51. The highest BCUT2D eigenvalue weighted by molar-refractivity contribution is 5.83. The molecule has 2 heterocycles. The van der Waals surface area contributed by atoms with Crippen LogP contribution in [0.25, 0.3) is 0 Å². The first kappa shape index (κ1) is 18.7. The minimum absolute atomic E-state index is 0.0662. The first-order valence-electron chi connectivity index (χ1n) is 6.70. The van der Waals surface area contributed by atoms with Gasteiger partial charge in [-0.1, -0.05) is 0 Å². The van der Waals surface area contributed by atoms with Gasteiger partial charge in [0.2, 0.25) is 5.91 Å². The van der Waals surface area contributed by atoms with E-state index in [1.165, 1.54) is 0 Å². The molecule has 1 atom stereocenters. The largest absolute Gasteiger partial charge is 0.490 e. The fourth-order valence-corrected chi connectivity index (χ4v) is 1.79. The lowest BCUT2D eigenvalue weighted by atomic mass is 10.3. The molecule has 1 fully saturated rings.